The number of rotatable bonds is 34. The first kappa shape index (κ1) is 40.5. The summed E-state index contributed by atoms with van der Waals surface area (Å²) in [7, 11) is -0.803. The zero-order valence-electron chi connectivity index (χ0n) is 30.2. The third-order valence-electron chi connectivity index (χ3n) is 10.3. The largest absolute Gasteiger partial charge is 0.0654 e. The fourth-order valence-electron chi connectivity index (χ4n) is 7.38. The van der Waals surface area contributed by atoms with Crippen molar-refractivity contribution in [1.82, 2.24) is 0 Å². The summed E-state index contributed by atoms with van der Waals surface area (Å²) in [5.41, 5.74) is 2.62. The second kappa shape index (κ2) is 32.8. The highest BCUT2D eigenvalue weighted by molar-refractivity contribution is 6.60. The molecule has 252 valence electrons. The fourth-order valence-corrected chi connectivity index (χ4v) is 11.6. The molecule has 0 aliphatic carbocycles. The van der Waals surface area contributed by atoms with Gasteiger partial charge in [0.05, 0.1) is 0 Å². The van der Waals surface area contributed by atoms with Gasteiger partial charge < -0.3 is 0 Å². The Morgan fingerprint density at radius 2 is 0.674 bits per heavy atom. The van der Waals surface area contributed by atoms with Crippen molar-refractivity contribution < 1.29 is 0 Å². The van der Waals surface area contributed by atoms with E-state index in [1.165, 1.54) is 193 Å². The summed E-state index contributed by atoms with van der Waals surface area (Å²) >= 11 is 0. The van der Waals surface area contributed by atoms with Crippen molar-refractivity contribution in [3.8, 4) is 0 Å². The van der Waals surface area contributed by atoms with Gasteiger partial charge >= 0.3 is 0 Å². The highest BCUT2D eigenvalue weighted by Gasteiger charge is 2.23. The van der Waals surface area contributed by atoms with Gasteiger partial charge in [-0.1, -0.05) is 249 Å². The van der Waals surface area contributed by atoms with Crippen molar-refractivity contribution in [3.05, 3.63) is 35.9 Å². The van der Waals surface area contributed by atoms with Crippen LogP contribution in [0.25, 0.3) is 0 Å². The molecule has 0 amide bonds. The van der Waals surface area contributed by atoms with E-state index in [0.29, 0.717) is 0 Å². The summed E-state index contributed by atoms with van der Waals surface area (Å²) in [5.74, 6) is 0. The molecular weight excluding hydrogens is 533 g/mol. The van der Waals surface area contributed by atoms with Crippen molar-refractivity contribution in [2.45, 2.75) is 231 Å². The quantitative estimate of drug-likeness (QED) is 0.0536. The molecular formula is C42H80Si. The lowest BCUT2D eigenvalue weighted by Crippen LogP contribution is -2.24. The molecule has 0 saturated heterocycles. The van der Waals surface area contributed by atoms with E-state index >= 15 is 0 Å². The Hall–Kier alpha value is -0.563. The molecule has 0 aromatic heterocycles. The molecule has 0 N–H and O–H groups in total. The predicted molar refractivity (Wildman–Crippen MR) is 201 cm³/mol. The Morgan fingerprint density at radius 3 is 1.02 bits per heavy atom. The van der Waals surface area contributed by atoms with Crippen LogP contribution < -0.4 is 0 Å². The van der Waals surface area contributed by atoms with Gasteiger partial charge in [-0.15, -0.1) is 0 Å². The van der Waals surface area contributed by atoms with E-state index in [0.717, 1.165) is 5.54 Å². The molecule has 0 nitrogen and oxygen atoms in total. The van der Waals surface area contributed by atoms with Crippen LogP contribution >= 0.6 is 0 Å². The Kier molecular flexibility index (Phi) is 30.9. The molecule has 1 aromatic carbocycles. The lowest BCUT2D eigenvalue weighted by atomic mass is 10.0. The summed E-state index contributed by atoms with van der Waals surface area (Å²) in [6.45, 7) is 6.99. The number of hydrogen-bond acceptors (Lipinski definition) is 0. The van der Waals surface area contributed by atoms with Gasteiger partial charge in [0.2, 0.25) is 0 Å². The highest BCUT2D eigenvalue weighted by Crippen LogP contribution is 2.32. The van der Waals surface area contributed by atoms with Gasteiger partial charge in [0, 0.05) is 8.80 Å². The molecule has 0 bridgehead atoms. The van der Waals surface area contributed by atoms with Crippen LogP contribution in [0.5, 0.6) is 0 Å². The minimum Gasteiger partial charge on any atom is -0.0654 e. The number of benzene rings is 1. The minimum absolute atomic E-state index is 0.803. The summed E-state index contributed by atoms with van der Waals surface area (Å²) in [5, 5.41) is 0. The minimum atomic E-state index is -0.803. The van der Waals surface area contributed by atoms with E-state index in [1.807, 2.05) is 0 Å². The van der Waals surface area contributed by atoms with E-state index < -0.39 is 8.80 Å². The standard InChI is InChI=1S/C42H80Si/c1-4-7-10-13-15-17-19-21-23-25-28-34-39-43(40-35-29-26-24-22-20-18-16-14-11-8-5-2)42(38-33-27-12-9-6-3)41-36-31-30-32-37-41/h30-32,36-37,42-43H,4-29,33-35,38-40H2,1-3H3. The molecule has 1 atom stereocenters. The van der Waals surface area contributed by atoms with Crippen molar-refractivity contribution in [2.75, 3.05) is 0 Å². The molecule has 0 heterocycles. The Bertz CT molecular complexity index is 612. The van der Waals surface area contributed by atoms with Crippen LogP contribution in [-0.4, -0.2) is 8.80 Å². The Morgan fingerprint density at radius 1 is 0.372 bits per heavy atom. The van der Waals surface area contributed by atoms with Gasteiger partial charge in [-0.05, 0) is 17.5 Å². The van der Waals surface area contributed by atoms with Gasteiger partial charge in [0.25, 0.3) is 0 Å². The molecule has 1 aromatic rings. The first-order valence-electron chi connectivity index (χ1n) is 20.4. The van der Waals surface area contributed by atoms with Crippen LogP contribution in [0, 0.1) is 0 Å². The maximum Gasteiger partial charge on any atom is 0.0449 e. The molecule has 0 fully saturated rings. The topological polar surface area (TPSA) is 0 Å². The smallest absolute Gasteiger partial charge is 0.0449 e. The second-order valence-corrected chi connectivity index (χ2v) is 17.8. The maximum absolute atomic E-state index is 2.49. The van der Waals surface area contributed by atoms with Crippen LogP contribution in [0.4, 0.5) is 0 Å². The van der Waals surface area contributed by atoms with E-state index in [-0.39, 0.29) is 0 Å². The SMILES string of the molecule is CCCCCCCCCCCCCC[SiH](CCCCCCCCCCCCCC)C(CCCCCCC)c1ccccc1. The molecule has 0 radical (unpaired) electrons. The van der Waals surface area contributed by atoms with Crippen LogP contribution in [0.15, 0.2) is 30.3 Å². The molecule has 1 rings (SSSR count). The molecule has 0 aliphatic heterocycles. The number of hydrogen-bond donors (Lipinski definition) is 0. The molecule has 1 heteroatoms. The monoisotopic (exact) mass is 613 g/mol. The first-order valence-corrected chi connectivity index (χ1v) is 22.7. The molecule has 0 saturated carbocycles. The van der Waals surface area contributed by atoms with Crippen molar-refractivity contribution in [3.63, 3.8) is 0 Å². The first-order chi connectivity index (χ1) is 21.3. The summed E-state index contributed by atoms with van der Waals surface area (Å²) < 4.78 is 0. The van der Waals surface area contributed by atoms with E-state index in [1.54, 1.807) is 17.7 Å². The van der Waals surface area contributed by atoms with Crippen LogP contribution in [0.1, 0.15) is 225 Å². The summed E-state index contributed by atoms with van der Waals surface area (Å²) in [6, 6.07) is 15.0. The van der Waals surface area contributed by atoms with E-state index in [2.05, 4.69) is 51.1 Å². The average molecular weight is 613 g/mol. The van der Waals surface area contributed by atoms with Gasteiger partial charge in [-0.25, -0.2) is 0 Å². The van der Waals surface area contributed by atoms with E-state index in [9.17, 15) is 0 Å². The zero-order valence-corrected chi connectivity index (χ0v) is 31.3. The zero-order chi connectivity index (χ0) is 30.9. The number of unbranched alkanes of at least 4 members (excludes halogenated alkanes) is 26. The normalized spacial score (nSPS) is 12.4. The van der Waals surface area contributed by atoms with Crippen LogP contribution in [-0.2, 0) is 0 Å². The summed E-state index contributed by atoms with van der Waals surface area (Å²) in [4.78, 5) is 0. The van der Waals surface area contributed by atoms with Gasteiger partial charge in [-0.3, -0.25) is 0 Å². The second-order valence-electron chi connectivity index (χ2n) is 14.3. The third-order valence-corrected chi connectivity index (χ3v) is 14.4. The fraction of sp³-hybridized carbons (Fsp3) is 0.857. The average Bonchev–Trinajstić information content (AvgIpc) is 3.03. The highest BCUT2D eigenvalue weighted by atomic mass is 28.3. The van der Waals surface area contributed by atoms with Crippen molar-refractivity contribution in [2.24, 2.45) is 0 Å². The van der Waals surface area contributed by atoms with Crippen molar-refractivity contribution in [1.29, 1.82) is 0 Å². The van der Waals surface area contributed by atoms with Crippen LogP contribution in [0.2, 0.25) is 12.1 Å². The Balaban J connectivity index is 2.43. The predicted octanol–water partition coefficient (Wildman–Crippen LogP) is 15.3. The van der Waals surface area contributed by atoms with Crippen LogP contribution in [0.3, 0.4) is 0 Å². The van der Waals surface area contributed by atoms with Crippen molar-refractivity contribution >= 4 is 8.80 Å². The molecule has 1 unspecified atom stereocenters. The van der Waals surface area contributed by atoms with Gasteiger partial charge in [-0.2, -0.15) is 0 Å². The lowest BCUT2D eigenvalue weighted by molar-refractivity contribution is 0.545. The summed E-state index contributed by atoms with van der Waals surface area (Å²) in [6.07, 6.45) is 43.9. The molecule has 43 heavy (non-hydrogen) atoms. The van der Waals surface area contributed by atoms with Gasteiger partial charge in [0.1, 0.15) is 0 Å². The van der Waals surface area contributed by atoms with Gasteiger partial charge in [0.15, 0.2) is 0 Å². The third kappa shape index (κ3) is 25.3. The lowest BCUT2D eigenvalue weighted by Gasteiger charge is -2.27. The Labute approximate surface area is 275 Å². The maximum atomic E-state index is 2.49. The molecule has 0 aliphatic rings. The van der Waals surface area contributed by atoms with E-state index in [4.69, 9.17) is 0 Å². The molecule has 0 spiro atoms.